The molecule has 0 spiro atoms. The first kappa shape index (κ1) is 10.4. The van der Waals surface area contributed by atoms with Gasteiger partial charge in [-0.25, -0.2) is 9.37 Å². The molecule has 78 valence electrons. The van der Waals surface area contributed by atoms with Crippen LogP contribution in [0.15, 0.2) is 17.3 Å². The molecule has 0 fully saturated rings. The van der Waals surface area contributed by atoms with E-state index < -0.39 is 5.82 Å². The van der Waals surface area contributed by atoms with Crippen molar-refractivity contribution in [2.45, 2.75) is 5.16 Å². The van der Waals surface area contributed by atoms with Crippen LogP contribution in [0.4, 0.5) is 4.39 Å². The molecule has 1 aromatic carbocycles. The normalized spacial score (nSPS) is 10.9. The van der Waals surface area contributed by atoms with E-state index in [-0.39, 0.29) is 21.8 Å². The SMILES string of the molecule is CSc1nc(O)c2c(Cl)ccc(F)c2n1. The minimum absolute atomic E-state index is 0.0411. The molecule has 1 N–H and O–H groups in total. The maximum Gasteiger partial charge on any atom is 0.224 e. The predicted molar refractivity (Wildman–Crippen MR) is 58.0 cm³/mol. The fourth-order valence-electron chi connectivity index (χ4n) is 1.22. The second-order valence-electron chi connectivity index (χ2n) is 2.79. The zero-order valence-corrected chi connectivity index (χ0v) is 9.23. The summed E-state index contributed by atoms with van der Waals surface area (Å²) in [6.45, 7) is 0. The molecule has 0 bridgehead atoms. The van der Waals surface area contributed by atoms with E-state index in [0.29, 0.717) is 5.16 Å². The molecule has 0 aliphatic rings. The number of thioether (sulfide) groups is 1. The van der Waals surface area contributed by atoms with E-state index in [1.807, 2.05) is 0 Å². The Morgan fingerprint density at radius 2 is 2.13 bits per heavy atom. The maximum atomic E-state index is 13.4. The summed E-state index contributed by atoms with van der Waals surface area (Å²) >= 11 is 7.04. The van der Waals surface area contributed by atoms with Gasteiger partial charge in [-0.3, -0.25) is 0 Å². The third-order valence-corrected chi connectivity index (χ3v) is 2.76. The van der Waals surface area contributed by atoms with Gasteiger partial charge in [-0.1, -0.05) is 23.4 Å². The molecule has 15 heavy (non-hydrogen) atoms. The van der Waals surface area contributed by atoms with Gasteiger partial charge in [-0.05, 0) is 18.4 Å². The van der Waals surface area contributed by atoms with Crippen LogP contribution in [0.3, 0.4) is 0 Å². The summed E-state index contributed by atoms with van der Waals surface area (Å²) in [6.07, 6.45) is 1.74. The lowest BCUT2D eigenvalue weighted by molar-refractivity contribution is 0.453. The number of aromatic nitrogens is 2. The first-order valence-corrected chi connectivity index (χ1v) is 5.62. The summed E-state index contributed by atoms with van der Waals surface area (Å²) in [5, 5.41) is 10.3. The largest absolute Gasteiger partial charge is 0.493 e. The Hall–Kier alpha value is -1.07. The maximum absolute atomic E-state index is 13.4. The van der Waals surface area contributed by atoms with Gasteiger partial charge in [0.15, 0.2) is 5.16 Å². The summed E-state index contributed by atoms with van der Waals surface area (Å²) < 4.78 is 13.4. The van der Waals surface area contributed by atoms with Crippen LogP contribution in [0.5, 0.6) is 5.88 Å². The van der Waals surface area contributed by atoms with Gasteiger partial charge >= 0.3 is 0 Å². The van der Waals surface area contributed by atoms with E-state index in [2.05, 4.69) is 9.97 Å². The van der Waals surface area contributed by atoms with Gasteiger partial charge < -0.3 is 5.11 Å². The van der Waals surface area contributed by atoms with Crippen LogP contribution in [-0.4, -0.2) is 21.3 Å². The second kappa shape index (κ2) is 3.83. The van der Waals surface area contributed by atoms with Crippen LogP contribution in [0.2, 0.25) is 5.02 Å². The van der Waals surface area contributed by atoms with Gasteiger partial charge in [0.1, 0.15) is 11.3 Å². The average molecular weight is 245 g/mol. The van der Waals surface area contributed by atoms with Crippen LogP contribution in [-0.2, 0) is 0 Å². The molecule has 0 amide bonds. The van der Waals surface area contributed by atoms with E-state index >= 15 is 0 Å². The summed E-state index contributed by atoms with van der Waals surface area (Å²) in [7, 11) is 0. The lowest BCUT2D eigenvalue weighted by atomic mass is 10.2. The Bertz CT molecular complexity index is 535. The van der Waals surface area contributed by atoms with Crippen LogP contribution in [0.25, 0.3) is 10.9 Å². The van der Waals surface area contributed by atoms with E-state index in [4.69, 9.17) is 11.6 Å². The summed E-state index contributed by atoms with van der Waals surface area (Å²) in [5.41, 5.74) is 0.0411. The van der Waals surface area contributed by atoms with Gasteiger partial charge in [-0.2, -0.15) is 4.98 Å². The van der Waals surface area contributed by atoms with Gasteiger partial charge in [0, 0.05) is 0 Å². The minimum Gasteiger partial charge on any atom is -0.493 e. The molecule has 0 unspecified atom stereocenters. The Labute approximate surface area is 94.3 Å². The first-order chi connectivity index (χ1) is 7.13. The number of hydrogen-bond donors (Lipinski definition) is 1. The average Bonchev–Trinajstić information content (AvgIpc) is 2.23. The highest BCUT2D eigenvalue weighted by Gasteiger charge is 2.13. The number of halogens is 2. The minimum atomic E-state index is -0.526. The van der Waals surface area contributed by atoms with Gasteiger partial charge in [0.25, 0.3) is 0 Å². The zero-order valence-electron chi connectivity index (χ0n) is 7.66. The van der Waals surface area contributed by atoms with Crippen LogP contribution in [0.1, 0.15) is 0 Å². The van der Waals surface area contributed by atoms with Crippen LogP contribution < -0.4 is 0 Å². The lowest BCUT2D eigenvalue weighted by Crippen LogP contribution is -1.92. The number of benzene rings is 1. The lowest BCUT2D eigenvalue weighted by Gasteiger charge is -2.04. The molecule has 3 nitrogen and oxygen atoms in total. The van der Waals surface area contributed by atoms with Crippen molar-refractivity contribution in [2.75, 3.05) is 6.26 Å². The molecule has 0 saturated carbocycles. The van der Waals surface area contributed by atoms with Crippen molar-refractivity contribution in [2.24, 2.45) is 0 Å². The topological polar surface area (TPSA) is 46.0 Å². The van der Waals surface area contributed by atoms with Crippen molar-refractivity contribution in [3.05, 3.63) is 23.0 Å². The number of hydrogen-bond acceptors (Lipinski definition) is 4. The second-order valence-corrected chi connectivity index (χ2v) is 3.97. The Kier molecular flexibility index (Phi) is 2.67. The molecule has 0 saturated heterocycles. The Morgan fingerprint density at radius 1 is 1.40 bits per heavy atom. The highest BCUT2D eigenvalue weighted by molar-refractivity contribution is 7.98. The standard InChI is InChI=1S/C9H6ClFN2OS/c1-15-9-12-7-5(11)3-2-4(10)6(7)8(14)13-9/h2-3H,1H3,(H,12,13,14). The monoisotopic (exact) mass is 244 g/mol. The fourth-order valence-corrected chi connectivity index (χ4v) is 1.82. The molecule has 0 aliphatic carbocycles. The van der Waals surface area contributed by atoms with E-state index in [1.165, 1.54) is 23.9 Å². The first-order valence-electron chi connectivity index (χ1n) is 4.02. The summed E-state index contributed by atoms with van der Waals surface area (Å²) in [6, 6.07) is 2.57. The molecule has 1 aromatic heterocycles. The molecule has 1 heterocycles. The predicted octanol–water partition coefficient (Wildman–Crippen LogP) is 2.85. The number of fused-ring (bicyclic) bond motifs is 1. The van der Waals surface area contributed by atoms with E-state index in [1.54, 1.807) is 6.26 Å². The fraction of sp³-hybridized carbons (Fsp3) is 0.111. The van der Waals surface area contributed by atoms with Gasteiger partial charge in [0.05, 0.1) is 10.4 Å². The Morgan fingerprint density at radius 3 is 2.80 bits per heavy atom. The summed E-state index contributed by atoms with van der Waals surface area (Å²) in [5.74, 6) is -0.823. The number of aromatic hydroxyl groups is 1. The molecule has 0 aliphatic heterocycles. The smallest absolute Gasteiger partial charge is 0.224 e. The molecule has 0 radical (unpaired) electrons. The summed E-state index contributed by atoms with van der Waals surface area (Å²) in [4.78, 5) is 7.73. The van der Waals surface area contributed by atoms with Gasteiger partial charge in [-0.15, -0.1) is 0 Å². The van der Waals surface area contributed by atoms with Crippen molar-refractivity contribution < 1.29 is 9.50 Å². The quantitative estimate of drug-likeness (QED) is 0.619. The van der Waals surface area contributed by atoms with Crippen LogP contribution in [0, 0.1) is 5.82 Å². The highest BCUT2D eigenvalue weighted by Crippen LogP contribution is 2.31. The van der Waals surface area contributed by atoms with Crippen LogP contribution >= 0.6 is 23.4 Å². The van der Waals surface area contributed by atoms with Crippen molar-refractivity contribution in [3.8, 4) is 5.88 Å². The molecule has 2 rings (SSSR count). The van der Waals surface area contributed by atoms with E-state index in [0.717, 1.165) is 0 Å². The molecule has 6 heteroatoms. The van der Waals surface area contributed by atoms with Crippen molar-refractivity contribution in [1.82, 2.24) is 9.97 Å². The molecular formula is C9H6ClFN2OS. The number of nitrogens with zero attached hydrogens (tertiary/aromatic N) is 2. The number of rotatable bonds is 1. The zero-order chi connectivity index (χ0) is 11.0. The van der Waals surface area contributed by atoms with Crippen molar-refractivity contribution in [1.29, 1.82) is 0 Å². The molecular weight excluding hydrogens is 239 g/mol. The van der Waals surface area contributed by atoms with E-state index in [9.17, 15) is 9.50 Å². The molecule has 0 atom stereocenters. The molecule has 2 aromatic rings. The third kappa shape index (κ3) is 1.72. The highest BCUT2D eigenvalue weighted by atomic mass is 35.5. The van der Waals surface area contributed by atoms with Crippen molar-refractivity contribution in [3.63, 3.8) is 0 Å². The third-order valence-electron chi connectivity index (χ3n) is 1.89. The van der Waals surface area contributed by atoms with Gasteiger partial charge in [0.2, 0.25) is 5.88 Å². The Balaban J connectivity index is 2.90. The van der Waals surface area contributed by atoms with Crippen molar-refractivity contribution >= 4 is 34.3 Å².